The monoisotopic (exact) mass is 279 g/mol. The molecule has 0 bridgehead atoms. The molecule has 1 aliphatic carbocycles. The van der Waals surface area contributed by atoms with Crippen molar-refractivity contribution in [1.29, 1.82) is 0 Å². The first kappa shape index (κ1) is 16.3. The van der Waals surface area contributed by atoms with E-state index in [2.05, 4.69) is 39.5 Å². The van der Waals surface area contributed by atoms with Crippen molar-refractivity contribution in [3.8, 4) is 0 Å². The lowest BCUT2D eigenvalue weighted by molar-refractivity contribution is -0.0872. The number of unbranched alkanes of at least 4 members (excludes halogenated alkanes) is 1. The van der Waals surface area contributed by atoms with Gasteiger partial charge in [0.15, 0.2) is 0 Å². The maximum atomic E-state index is 2.90. The quantitative estimate of drug-likeness (QED) is 0.643. The molecule has 1 saturated heterocycles. The van der Waals surface area contributed by atoms with Crippen LogP contribution in [0, 0.1) is 17.8 Å². The van der Waals surface area contributed by atoms with Crippen molar-refractivity contribution < 1.29 is 0 Å². The summed E-state index contributed by atoms with van der Waals surface area (Å²) in [5, 5.41) is 0. The highest BCUT2D eigenvalue weighted by Gasteiger charge is 2.49. The summed E-state index contributed by atoms with van der Waals surface area (Å²) in [7, 11) is 0. The summed E-state index contributed by atoms with van der Waals surface area (Å²) < 4.78 is 0. The molecule has 5 atom stereocenters. The molecule has 2 fully saturated rings. The largest absolute Gasteiger partial charge is 0.295 e. The number of piperidine rings is 1. The second-order valence-electron chi connectivity index (χ2n) is 7.80. The molecule has 0 radical (unpaired) electrons. The van der Waals surface area contributed by atoms with E-state index in [0.717, 1.165) is 23.8 Å². The van der Waals surface area contributed by atoms with E-state index in [1.165, 1.54) is 57.9 Å². The van der Waals surface area contributed by atoms with E-state index in [9.17, 15) is 0 Å². The van der Waals surface area contributed by atoms with Crippen LogP contribution in [0.5, 0.6) is 0 Å². The van der Waals surface area contributed by atoms with Crippen LogP contribution < -0.4 is 0 Å². The van der Waals surface area contributed by atoms with Gasteiger partial charge in [-0.1, -0.05) is 59.8 Å². The van der Waals surface area contributed by atoms with Crippen LogP contribution in [0.4, 0.5) is 0 Å². The molecule has 0 N–H and O–H groups in total. The minimum atomic E-state index is 0.460. The van der Waals surface area contributed by atoms with Gasteiger partial charge in [0.25, 0.3) is 0 Å². The molecule has 2 rings (SSSR count). The maximum absolute atomic E-state index is 2.90. The lowest BCUT2D eigenvalue weighted by Gasteiger charge is -2.58. The van der Waals surface area contributed by atoms with E-state index in [1.54, 1.807) is 0 Å². The van der Waals surface area contributed by atoms with Crippen molar-refractivity contribution in [2.75, 3.05) is 6.54 Å². The number of nitrogens with zero attached hydrogens (tertiary/aromatic N) is 1. The second-order valence-corrected chi connectivity index (χ2v) is 7.80. The molecule has 5 unspecified atom stereocenters. The Morgan fingerprint density at radius 2 is 1.90 bits per heavy atom. The Balaban J connectivity index is 2.19. The zero-order chi connectivity index (χ0) is 14.8. The zero-order valence-electron chi connectivity index (χ0n) is 14.6. The molecule has 1 heterocycles. The fraction of sp³-hybridized carbons (Fsp3) is 1.00. The Morgan fingerprint density at radius 3 is 2.50 bits per heavy atom. The summed E-state index contributed by atoms with van der Waals surface area (Å²) in [4.78, 5) is 2.90. The summed E-state index contributed by atoms with van der Waals surface area (Å²) in [5.74, 6) is 2.92. The molecule has 1 aliphatic heterocycles. The number of likely N-dealkylation sites (tertiary alicyclic amines) is 1. The molecule has 0 aromatic carbocycles. The Kier molecular flexibility index (Phi) is 5.56. The van der Waals surface area contributed by atoms with Gasteiger partial charge in [-0.25, -0.2) is 0 Å². The Hall–Kier alpha value is -0.0400. The molecule has 2 aliphatic rings. The molecule has 118 valence electrons. The van der Waals surface area contributed by atoms with Crippen LogP contribution in [0.2, 0.25) is 0 Å². The second kappa shape index (κ2) is 6.81. The summed E-state index contributed by atoms with van der Waals surface area (Å²) >= 11 is 0. The van der Waals surface area contributed by atoms with Crippen LogP contribution in [-0.4, -0.2) is 23.0 Å². The van der Waals surface area contributed by atoms with Gasteiger partial charge in [0.2, 0.25) is 0 Å². The van der Waals surface area contributed by atoms with Gasteiger partial charge in [0.1, 0.15) is 0 Å². The van der Waals surface area contributed by atoms with Gasteiger partial charge in [-0.05, 0) is 50.5 Å². The van der Waals surface area contributed by atoms with Gasteiger partial charge in [-0.15, -0.1) is 0 Å². The van der Waals surface area contributed by atoms with E-state index >= 15 is 0 Å². The van der Waals surface area contributed by atoms with E-state index in [0.29, 0.717) is 5.54 Å². The van der Waals surface area contributed by atoms with E-state index in [1.807, 2.05) is 0 Å². The van der Waals surface area contributed by atoms with Crippen LogP contribution >= 0.6 is 0 Å². The van der Waals surface area contributed by atoms with Gasteiger partial charge in [-0.2, -0.15) is 0 Å². The van der Waals surface area contributed by atoms with Gasteiger partial charge < -0.3 is 0 Å². The zero-order valence-corrected chi connectivity index (χ0v) is 14.6. The highest BCUT2D eigenvalue weighted by Crippen LogP contribution is 2.49. The maximum Gasteiger partial charge on any atom is 0.0184 e. The Bertz CT molecular complexity index is 300. The minimum Gasteiger partial charge on any atom is -0.295 e. The van der Waals surface area contributed by atoms with Crippen LogP contribution in [0.15, 0.2) is 0 Å². The lowest BCUT2D eigenvalue weighted by atomic mass is 9.61. The van der Waals surface area contributed by atoms with E-state index < -0.39 is 0 Å². The summed E-state index contributed by atoms with van der Waals surface area (Å²) in [6, 6.07) is 0.879. The topological polar surface area (TPSA) is 3.24 Å². The molecular weight excluding hydrogens is 242 g/mol. The average molecular weight is 280 g/mol. The van der Waals surface area contributed by atoms with E-state index in [-0.39, 0.29) is 0 Å². The van der Waals surface area contributed by atoms with Gasteiger partial charge in [-0.3, -0.25) is 4.90 Å². The summed E-state index contributed by atoms with van der Waals surface area (Å²) in [6.45, 7) is 13.5. The van der Waals surface area contributed by atoms with Crippen molar-refractivity contribution in [3.05, 3.63) is 0 Å². The van der Waals surface area contributed by atoms with Crippen molar-refractivity contribution in [1.82, 2.24) is 4.90 Å². The highest BCUT2D eigenvalue weighted by atomic mass is 15.2. The Labute approximate surface area is 127 Å². The van der Waals surface area contributed by atoms with Crippen molar-refractivity contribution in [2.24, 2.45) is 17.8 Å². The summed E-state index contributed by atoms with van der Waals surface area (Å²) in [6.07, 6.45) is 11.5. The average Bonchev–Trinajstić information content (AvgIpc) is 2.45. The highest BCUT2D eigenvalue weighted by molar-refractivity contribution is 5.02. The molecule has 1 nitrogen and oxygen atoms in total. The van der Waals surface area contributed by atoms with Crippen LogP contribution in [0.25, 0.3) is 0 Å². The fourth-order valence-electron chi connectivity index (χ4n) is 5.61. The van der Waals surface area contributed by atoms with Crippen LogP contribution in [0.3, 0.4) is 0 Å². The number of hydrogen-bond acceptors (Lipinski definition) is 1. The molecule has 0 aromatic heterocycles. The Morgan fingerprint density at radius 1 is 1.15 bits per heavy atom. The normalized spacial score (nSPS) is 42.5. The first-order chi connectivity index (χ1) is 9.57. The smallest absolute Gasteiger partial charge is 0.0184 e. The van der Waals surface area contributed by atoms with Gasteiger partial charge in [0, 0.05) is 11.6 Å². The molecule has 1 heteroatoms. The minimum absolute atomic E-state index is 0.460. The van der Waals surface area contributed by atoms with Crippen molar-refractivity contribution in [3.63, 3.8) is 0 Å². The number of rotatable bonds is 5. The third kappa shape index (κ3) is 2.93. The molecule has 0 aromatic rings. The SMILES string of the molecule is CCCCC1CCCC2C1C(C)CC(C)(CC)N2CC. The predicted molar refractivity (Wildman–Crippen MR) is 89.0 cm³/mol. The number of fused-ring (bicyclic) bond motifs is 1. The van der Waals surface area contributed by atoms with Crippen LogP contribution in [-0.2, 0) is 0 Å². The third-order valence-corrected chi connectivity index (χ3v) is 6.61. The fourth-order valence-corrected chi connectivity index (χ4v) is 5.61. The van der Waals surface area contributed by atoms with Crippen molar-refractivity contribution >= 4 is 0 Å². The van der Waals surface area contributed by atoms with Crippen molar-refractivity contribution in [2.45, 2.75) is 97.6 Å². The molecular formula is C19H37N. The molecule has 0 spiro atoms. The molecule has 20 heavy (non-hydrogen) atoms. The van der Waals surface area contributed by atoms with Gasteiger partial charge in [0.05, 0.1) is 0 Å². The lowest BCUT2D eigenvalue weighted by Crippen LogP contribution is -2.62. The van der Waals surface area contributed by atoms with E-state index in [4.69, 9.17) is 0 Å². The first-order valence-electron chi connectivity index (χ1n) is 9.34. The molecule has 0 amide bonds. The number of hydrogen-bond donors (Lipinski definition) is 0. The summed E-state index contributed by atoms with van der Waals surface area (Å²) in [5.41, 5.74) is 0.460. The molecule has 1 saturated carbocycles. The first-order valence-corrected chi connectivity index (χ1v) is 9.34. The van der Waals surface area contributed by atoms with Crippen LogP contribution in [0.1, 0.15) is 86.0 Å². The third-order valence-electron chi connectivity index (χ3n) is 6.61. The predicted octanol–water partition coefficient (Wildman–Crippen LogP) is 5.49. The van der Waals surface area contributed by atoms with Gasteiger partial charge >= 0.3 is 0 Å². The standard InChI is InChI=1S/C19H37N/c1-6-9-11-16-12-10-13-17-18(16)15(4)14-19(5,7-2)20(17)8-3/h15-18H,6-14H2,1-5H3.